The van der Waals surface area contributed by atoms with Crippen molar-refractivity contribution < 1.29 is 0 Å². The molecule has 6 nitrogen and oxygen atoms in total. The first-order chi connectivity index (χ1) is 15.5. The van der Waals surface area contributed by atoms with Crippen LogP contribution in [0.3, 0.4) is 0 Å². The molecule has 3 aromatic rings. The van der Waals surface area contributed by atoms with E-state index in [1.165, 1.54) is 25.1 Å². The van der Waals surface area contributed by atoms with Crippen molar-refractivity contribution in [3.05, 3.63) is 58.8 Å². The molecule has 1 unspecified atom stereocenters. The van der Waals surface area contributed by atoms with Crippen molar-refractivity contribution in [2.75, 3.05) is 36.4 Å². The zero-order valence-corrected chi connectivity index (χ0v) is 19.1. The predicted molar refractivity (Wildman–Crippen MR) is 129 cm³/mol. The molecule has 2 aliphatic heterocycles. The van der Waals surface area contributed by atoms with Crippen LogP contribution < -0.4 is 10.2 Å². The van der Waals surface area contributed by atoms with Gasteiger partial charge in [0.1, 0.15) is 0 Å². The Morgan fingerprint density at radius 3 is 2.81 bits per heavy atom. The summed E-state index contributed by atoms with van der Waals surface area (Å²) in [7, 11) is 0. The summed E-state index contributed by atoms with van der Waals surface area (Å²) >= 11 is 0. The lowest BCUT2D eigenvalue weighted by Crippen LogP contribution is -2.50. The minimum Gasteiger partial charge on any atom is -0.369 e. The highest BCUT2D eigenvalue weighted by Crippen LogP contribution is 2.32. The number of fused-ring (bicyclic) bond motifs is 2. The van der Waals surface area contributed by atoms with Gasteiger partial charge in [-0.3, -0.25) is 4.90 Å². The number of nitriles is 1. The van der Waals surface area contributed by atoms with Crippen molar-refractivity contribution in [1.29, 1.82) is 5.26 Å². The number of nitrogens with zero attached hydrogens (tertiary/aromatic N) is 5. The molecule has 0 aliphatic carbocycles. The number of nitrogens with one attached hydrogen (secondary N) is 1. The van der Waals surface area contributed by atoms with Gasteiger partial charge in [-0.25, -0.2) is 0 Å². The Morgan fingerprint density at radius 2 is 1.97 bits per heavy atom. The highest BCUT2D eigenvalue weighted by molar-refractivity contribution is 5.95. The van der Waals surface area contributed by atoms with Gasteiger partial charge < -0.3 is 10.2 Å². The van der Waals surface area contributed by atoms with Crippen molar-refractivity contribution in [2.24, 2.45) is 0 Å². The minimum absolute atomic E-state index is 0.00851. The van der Waals surface area contributed by atoms with Gasteiger partial charge in [0.15, 0.2) is 5.82 Å². The van der Waals surface area contributed by atoms with E-state index in [4.69, 9.17) is 0 Å². The van der Waals surface area contributed by atoms with Crippen LogP contribution in [-0.2, 0) is 0 Å². The van der Waals surface area contributed by atoms with Crippen LogP contribution in [0.25, 0.3) is 10.8 Å². The van der Waals surface area contributed by atoms with Crippen LogP contribution in [0.2, 0.25) is 0 Å². The molecule has 0 saturated carbocycles. The third-order valence-corrected chi connectivity index (χ3v) is 7.22. The van der Waals surface area contributed by atoms with Crippen molar-refractivity contribution in [3.8, 4) is 6.07 Å². The average molecular weight is 427 g/mol. The first-order valence-electron chi connectivity index (χ1n) is 11.6. The number of anilines is 2. The van der Waals surface area contributed by atoms with E-state index in [0.717, 1.165) is 53.0 Å². The number of hydrogen-bond acceptors (Lipinski definition) is 6. The summed E-state index contributed by atoms with van der Waals surface area (Å²) in [5.74, 6) is 0.793. The van der Waals surface area contributed by atoms with Crippen LogP contribution in [0.4, 0.5) is 11.5 Å². The maximum atomic E-state index is 9.40. The smallest absolute Gasteiger partial charge is 0.157 e. The molecule has 5 rings (SSSR count). The lowest BCUT2D eigenvalue weighted by molar-refractivity contribution is 0.231. The van der Waals surface area contributed by atoms with E-state index in [9.17, 15) is 5.26 Å². The van der Waals surface area contributed by atoms with Gasteiger partial charge in [0.05, 0.1) is 23.4 Å². The highest BCUT2D eigenvalue weighted by atomic mass is 15.3. The van der Waals surface area contributed by atoms with Crippen LogP contribution in [0, 0.1) is 25.2 Å². The molecule has 1 N–H and O–H groups in total. The molecule has 0 radical (unpaired) electrons. The van der Waals surface area contributed by atoms with E-state index >= 15 is 0 Å². The van der Waals surface area contributed by atoms with Gasteiger partial charge in [0, 0.05) is 42.1 Å². The van der Waals surface area contributed by atoms with Crippen molar-refractivity contribution in [1.82, 2.24) is 15.1 Å². The molecule has 32 heavy (non-hydrogen) atoms. The molecule has 164 valence electrons. The molecule has 0 amide bonds. The zero-order chi connectivity index (χ0) is 22.2. The van der Waals surface area contributed by atoms with Crippen LogP contribution in [-0.4, -0.2) is 47.3 Å². The van der Waals surface area contributed by atoms with E-state index < -0.39 is 0 Å². The molecule has 2 saturated heterocycles. The second kappa shape index (κ2) is 8.40. The molecule has 0 spiro atoms. The Labute approximate surface area is 189 Å². The Morgan fingerprint density at radius 1 is 1.09 bits per heavy atom. The van der Waals surface area contributed by atoms with Gasteiger partial charge >= 0.3 is 0 Å². The third-order valence-electron chi connectivity index (χ3n) is 7.22. The normalized spacial score (nSPS) is 19.6. The molecule has 2 aliphatic rings. The fourth-order valence-electron chi connectivity index (χ4n) is 5.33. The number of piperazine rings is 1. The van der Waals surface area contributed by atoms with Gasteiger partial charge in [-0.2, -0.15) is 10.4 Å². The van der Waals surface area contributed by atoms with Crippen LogP contribution in [0.1, 0.15) is 48.2 Å². The standard InChI is InChI=1S/C26H30N6/c1-17-20(15-27)6-4-8-23(17)18(2)28-26-25-14-21(9-10-24(25)19(3)29-30-26)32-13-12-31-11-5-7-22(31)16-32/h4,6,8-10,14,18,22H,5,7,11-13,16H2,1-3H3,(H,28,30)/t18?,22-/m1/s1. The Balaban J connectivity index is 1.47. The Kier molecular flexibility index (Phi) is 5.44. The fourth-order valence-corrected chi connectivity index (χ4v) is 5.33. The van der Waals surface area contributed by atoms with E-state index in [-0.39, 0.29) is 6.04 Å². The second-order valence-electron chi connectivity index (χ2n) is 9.14. The quantitative estimate of drug-likeness (QED) is 0.659. The largest absolute Gasteiger partial charge is 0.369 e. The highest BCUT2D eigenvalue weighted by Gasteiger charge is 2.30. The van der Waals surface area contributed by atoms with Crippen LogP contribution in [0.15, 0.2) is 36.4 Å². The molecule has 1 aromatic heterocycles. The molecule has 2 aromatic carbocycles. The van der Waals surface area contributed by atoms with Crippen LogP contribution in [0.5, 0.6) is 0 Å². The molecule has 3 heterocycles. The summed E-state index contributed by atoms with van der Waals surface area (Å²) in [5, 5.41) is 24.1. The fraction of sp³-hybridized carbons (Fsp3) is 0.423. The molecular weight excluding hydrogens is 396 g/mol. The lowest BCUT2D eigenvalue weighted by Gasteiger charge is -2.39. The third kappa shape index (κ3) is 3.67. The monoisotopic (exact) mass is 426 g/mol. The van der Waals surface area contributed by atoms with Crippen molar-refractivity contribution in [2.45, 2.75) is 45.7 Å². The van der Waals surface area contributed by atoms with Gasteiger partial charge in [-0.15, -0.1) is 5.10 Å². The van der Waals surface area contributed by atoms with Gasteiger partial charge in [0.2, 0.25) is 0 Å². The number of hydrogen-bond donors (Lipinski definition) is 1. The molecule has 2 fully saturated rings. The summed E-state index contributed by atoms with van der Waals surface area (Å²) in [6.45, 7) is 10.7. The number of rotatable bonds is 4. The van der Waals surface area contributed by atoms with E-state index in [1.807, 2.05) is 26.0 Å². The van der Waals surface area contributed by atoms with Crippen molar-refractivity contribution in [3.63, 3.8) is 0 Å². The summed E-state index contributed by atoms with van der Waals surface area (Å²) < 4.78 is 0. The van der Waals surface area contributed by atoms with Gasteiger partial charge in [-0.1, -0.05) is 18.2 Å². The summed E-state index contributed by atoms with van der Waals surface area (Å²) in [4.78, 5) is 5.16. The Bertz CT molecular complexity index is 1200. The van der Waals surface area contributed by atoms with E-state index in [1.54, 1.807) is 0 Å². The zero-order valence-electron chi connectivity index (χ0n) is 19.1. The van der Waals surface area contributed by atoms with E-state index in [0.29, 0.717) is 11.6 Å². The summed E-state index contributed by atoms with van der Waals surface area (Å²) in [6.07, 6.45) is 2.63. The second-order valence-corrected chi connectivity index (χ2v) is 9.14. The first kappa shape index (κ1) is 20.7. The van der Waals surface area contributed by atoms with Gasteiger partial charge in [-0.05, 0) is 69.5 Å². The topological polar surface area (TPSA) is 68.1 Å². The number of aryl methyl sites for hydroxylation is 1. The van der Waals surface area contributed by atoms with E-state index in [2.05, 4.69) is 62.6 Å². The van der Waals surface area contributed by atoms with Crippen LogP contribution >= 0.6 is 0 Å². The molecule has 2 atom stereocenters. The summed E-state index contributed by atoms with van der Waals surface area (Å²) in [5.41, 5.74) is 5.02. The lowest BCUT2D eigenvalue weighted by atomic mass is 9.98. The SMILES string of the molecule is Cc1c(C#N)cccc1C(C)Nc1nnc(C)c2ccc(N3CCN4CCC[C@@H]4C3)cc12. The van der Waals surface area contributed by atoms with Crippen molar-refractivity contribution >= 4 is 22.3 Å². The predicted octanol–water partition coefficient (Wildman–Crippen LogP) is 4.58. The number of aromatic nitrogens is 2. The van der Waals surface area contributed by atoms with Gasteiger partial charge in [0.25, 0.3) is 0 Å². The minimum atomic E-state index is 0.00851. The maximum absolute atomic E-state index is 9.40. The molecular formula is C26H30N6. The molecule has 6 heteroatoms. The Hall–Kier alpha value is -3.17. The maximum Gasteiger partial charge on any atom is 0.157 e. The molecule has 0 bridgehead atoms. The first-order valence-corrected chi connectivity index (χ1v) is 11.6. The summed E-state index contributed by atoms with van der Waals surface area (Å²) in [6, 6.07) is 15.6. The average Bonchev–Trinajstić information content (AvgIpc) is 3.29. The number of benzene rings is 2.